The van der Waals surface area contributed by atoms with Crippen LogP contribution in [0.15, 0.2) is 36.4 Å². The molecule has 0 saturated carbocycles. The molecule has 10 nitrogen and oxygen atoms in total. The van der Waals surface area contributed by atoms with E-state index >= 15 is 0 Å². The number of nitrogens with one attached hydrogen (secondary N) is 1. The van der Waals surface area contributed by atoms with Gasteiger partial charge in [0, 0.05) is 38.3 Å². The first-order chi connectivity index (χ1) is 18.8. The van der Waals surface area contributed by atoms with Crippen LogP contribution in [0.5, 0.6) is 0 Å². The Hall–Kier alpha value is -2.85. The van der Waals surface area contributed by atoms with Gasteiger partial charge in [-0.2, -0.15) is 0 Å². The predicted molar refractivity (Wildman–Crippen MR) is 140 cm³/mol. The molecule has 1 fully saturated rings. The topological polar surface area (TPSA) is 147 Å². The van der Waals surface area contributed by atoms with Gasteiger partial charge in [-0.25, -0.2) is 39.0 Å². The zero-order valence-corrected chi connectivity index (χ0v) is 23.0. The minimum absolute atomic E-state index is 0.0387. The number of imide groups is 1. The Balaban J connectivity index is 1.22. The fraction of sp³-hybridized carbons (Fsp3) is 0.440. The van der Waals surface area contributed by atoms with Crippen LogP contribution in [-0.2, 0) is 26.5 Å². The minimum atomic E-state index is -3.99. The van der Waals surface area contributed by atoms with E-state index in [9.17, 15) is 39.6 Å². The second kappa shape index (κ2) is 11.9. The van der Waals surface area contributed by atoms with Crippen molar-refractivity contribution in [2.24, 2.45) is 11.7 Å². The van der Waals surface area contributed by atoms with Crippen molar-refractivity contribution in [3.63, 3.8) is 0 Å². The number of nitrogens with two attached hydrogens (primary N) is 1. The maximum absolute atomic E-state index is 14.0. The molecule has 0 radical (unpaired) electrons. The Morgan fingerprint density at radius 3 is 2.08 bits per heavy atom. The summed E-state index contributed by atoms with van der Waals surface area (Å²) >= 11 is 0. The largest absolute Gasteiger partial charge is 0.327 e. The number of hydrogen-bond acceptors (Lipinski definition) is 7. The second-order valence-corrected chi connectivity index (χ2v) is 13.8. The maximum Gasteiger partial charge on any atom is 0.261 e. The highest BCUT2D eigenvalue weighted by molar-refractivity contribution is 7.90. The lowest BCUT2D eigenvalue weighted by molar-refractivity contribution is 0.0664. The molecule has 40 heavy (non-hydrogen) atoms. The average molecular weight is 603 g/mol. The summed E-state index contributed by atoms with van der Waals surface area (Å²) < 4.78 is 94.4. The zero-order chi connectivity index (χ0) is 29.2. The number of sulfonamides is 2. The van der Waals surface area contributed by atoms with Crippen LogP contribution in [0.4, 0.5) is 13.2 Å². The summed E-state index contributed by atoms with van der Waals surface area (Å²) in [4.78, 5) is 25.6. The van der Waals surface area contributed by atoms with Crippen molar-refractivity contribution >= 4 is 31.9 Å². The third kappa shape index (κ3) is 6.71. The van der Waals surface area contributed by atoms with Crippen molar-refractivity contribution in [1.82, 2.24) is 13.9 Å². The third-order valence-corrected chi connectivity index (χ3v) is 10.4. The fourth-order valence-electron chi connectivity index (χ4n) is 4.90. The standard InChI is InChI=1S/C25H29F3N4O6S2/c26-20-15-22(28)21(27)13-17(20)14-23(29)16-5-8-31(9-6-16)40(37,38)11-7-30-39(35,36)12-10-32-24(33)18-3-1-2-4-19(18)25(32)34/h1-4,13,15-16,23,30H,5-12,14,29H2/t23-/m1/s1. The van der Waals surface area contributed by atoms with E-state index in [4.69, 9.17) is 5.73 Å². The van der Waals surface area contributed by atoms with E-state index in [1.807, 2.05) is 0 Å². The van der Waals surface area contributed by atoms with Crippen LogP contribution in [0.25, 0.3) is 0 Å². The highest BCUT2D eigenvalue weighted by Crippen LogP contribution is 2.25. The molecule has 0 aliphatic carbocycles. The Bertz CT molecular complexity index is 1480. The number of hydrogen-bond donors (Lipinski definition) is 2. The summed E-state index contributed by atoms with van der Waals surface area (Å²) in [5.41, 5.74) is 6.50. The van der Waals surface area contributed by atoms with Crippen molar-refractivity contribution in [2.75, 3.05) is 37.7 Å². The van der Waals surface area contributed by atoms with Gasteiger partial charge in [0.25, 0.3) is 11.8 Å². The van der Waals surface area contributed by atoms with E-state index in [2.05, 4.69) is 4.72 Å². The number of carbonyl (C=O) groups excluding carboxylic acids is 2. The van der Waals surface area contributed by atoms with Gasteiger partial charge in [0.15, 0.2) is 11.6 Å². The zero-order valence-electron chi connectivity index (χ0n) is 21.4. The van der Waals surface area contributed by atoms with Crippen LogP contribution in [-0.4, -0.2) is 81.6 Å². The molecule has 0 unspecified atom stereocenters. The first-order valence-electron chi connectivity index (χ1n) is 12.6. The Labute approximate surface area is 230 Å². The van der Waals surface area contributed by atoms with Gasteiger partial charge in [-0.15, -0.1) is 0 Å². The summed E-state index contributed by atoms with van der Waals surface area (Å²) in [5, 5.41) is 0. The third-order valence-electron chi connectivity index (χ3n) is 7.19. The monoisotopic (exact) mass is 602 g/mol. The lowest BCUT2D eigenvalue weighted by Crippen LogP contribution is -2.46. The van der Waals surface area contributed by atoms with Crippen LogP contribution >= 0.6 is 0 Å². The predicted octanol–water partition coefficient (Wildman–Crippen LogP) is 1.23. The summed E-state index contributed by atoms with van der Waals surface area (Å²) in [6, 6.07) is 6.79. The van der Waals surface area contributed by atoms with Gasteiger partial charge in [0.1, 0.15) is 5.82 Å². The van der Waals surface area contributed by atoms with Crippen molar-refractivity contribution in [3.05, 3.63) is 70.5 Å². The number of fused-ring (bicyclic) bond motifs is 1. The number of halogens is 3. The van der Waals surface area contributed by atoms with Gasteiger partial charge >= 0.3 is 0 Å². The molecule has 218 valence electrons. The Morgan fingerprint density at radius 1 is 0.900 bits per heavy atom. The number of piperidine rings is 1. The fourth-order valence-corrected chi connectivity index (χ4v) is 7.40. The molecule has 1 saturated heterocycles. The van der Waals surface area contributed by atoms with Gasteiger partial charge in [0.05, 0.1) is 22.6 Å². The van der Waals surface area contributed by atoms with Crippen molar-refractivity contribution in [1.29, 1.82) is 0 Å². The van der Waals surface area contributed by atoms with Crippen LogP contribution in [0, 0.1) is 23.4 Å². The number of carbonyl (C=O) groups is 2. The van der Waals surface area contributed by atoms with Gasteiger partial charge < -0.3 is 5.73 Å². The van der Waals surface area contributed by atoms with Crippen LogP contribution < -0.4 is 10.5 Å². The lowest BCUT2D eigenvalue weighted by atomic mass is 9.87. The summed E-state index contributed by atoms with van der Waals surface area (Å²) in [7, 11) is -7.81. The number of nitrogens with zero attached hydrogens (tertiary/aromatic N) is 2. The smallest absolute Gasteiger partial charge is 0.261 e. The van der Waals surface area contributed by atoms with E-state index in [1.165, 1.54) is 16.4 Å². The first-order valence-corrected chi connectivity index (χ1v) is 15.8. The number of benzene rings is 2. The molecule has 0 bridgehead atoms. The van der Waals surface area contributed by atoms with Crippen molar-refractivity contribution in [2.45, 2.75) is 25.3 Å². The minimum Gasteiger partial charge on any atom is -0.327 e. The lowest BCUT2D eigenvalue weighted by Gasteiger charge is -2.34. The van der Waals surface area contributed by atoms with Gasteiger partial charge in [-0.05, 0) is 48.9 Å². The van der Waals surface area contributed by atoms with Crippen LogP contribution in [0.1, 0.15) is 39.1 Å². The van der Waals surface area contributed by atoms with Crippen LogP contribution in [0.3, 0.4) is 0 Å². The normalized spacial score (nSPS) is 17.9. The van der Waals surface area contributed by atoms with E-state index in [0.29, 0.717) is 18.9 Å². The highest BCUT2D eigenvalue weighted by Gasteiger charge is 2.36. The van der Waals surface area contributed by atoms with Gasteiger partial charge in [0.2, 0.25) is 20.0 Å². The van der Waals surface area contributed by atoms with E-state index < -0.39 is 73.4 Å². The molecular weight excluding hydrogens is 573 g/mol. The van der Waals surface area contributed by atoms with E-state index in [-0.39, 0.29) is 48.7 Å². The second-order valence-electron chi connectivity index (χ2n) is 9.80. The molecule has 4 rings (SSSR count). The molecule has 3 N–H and O–H groups in total. The molecule has 2 aromatic rings. The Morgan fingerprint density at radius 2 is 1.48 bits per heavy atom. The van der Waals surface area contributed by atoms with E-state index in [0.717, 1.165) is 11.0 Å². The quantitative estimate of drug-likeness (QED) is 0.291. The maximum atomic E-state index is 14.0. The van der Waals surface area contributed by atoms with E-state index in [1.54, 1.807) is 12.1 Å². The highest BCUT2D eigenvalue weighted by atomic mass is 32.2. The number of rotatable bonds is 11. The molecule has 0 spiro atoms. The SMILES string of the molecule is N[C@H](Cc1cc(F)c(F)cc1F)C1CCN(S(=O)(=O)CCNS(=O)(=O)CCN2C(=O)c3ccccc3C2=O)CC1. The van der Waals surface area contributed by atoms with Gasteiger partial charge in [-0.3, -0.25) is 14.5 Å². The average Bonchev–Trinajstić information content (AvgIpc) is 3.15. The molecule has 15 heteroatoms. The molecule has 0 aromatic heterocycles. The summed E-state index contributed by atoms with van der Waals surface area (Å²) in [6.07, 6.45) is 0.679. The molecular formula is C25H29F3N4O6S2. The number of amides is 2. The van der Waals surface area contributed by atoms with Crippen molar-refractivity contribution < 1.29 is 39.6 Å². The molecule has 2 heterocycles. The molecule has 2 amide bonds. The van der Waals surface area contributed by atoms with Crippen LogP contribution in [0.2, 0.25) is 0 Å². The summed E-state index contributed by atoms with van der Waals surface area (Å²) in [6.45, 7) is -0.542. The summed E-state index contributed by atoms with van der Waals surface area (Å²) in [5.74, 6) is -5.81. The molecule has 2 aliphatic rings. The molecule has 2 aliphatic heterocycles. The first kappa shape index (κ1) is 30.1. The Kier molecular flexibility index (Phi) is 8.99. The van der Waals surface area contributed by atoms with Gasteiger partial charge in [-0.1, -0.05) is 12.1 Å². The molecule has 1 atom stereocenters. The molecule has 2 aromatic carbocycles. The van der Waals surface area contributed by atoms with Crippen molar-refractivity contribution in [3.8, 4) is 0 Å².